The van der Waals surface area contributed by atoms with Crippen molar-refractivity contribution >= 4 is 22.7 Å². The van der Waals surface area contributed by atoms with E-state index in [1.165, 1.54) is 10.9 Å². The van der Waals surface area contributed by atoms with Gasteiger partial charge in [0.15, 0.2) is 0 Å². The summed E-state index contributed by atoms with van der Waals surface area (Å²) in [5, 5.41) is 4.42. The molecule has 0 unspecified atom stereocenters. The highest BCUT2D eigenvalue weighted by molar-refractivity contribution is 7.98. The van der Waals surface area contributed by atoms with Crippen LogP contribution < -0.4 is 5.32 Å². The van der Waals surface area contributed by atoms with E-state index in [-0.39, 0.29) is 0 Å². The maximum absolute atomic E-state index is 5.95. The molecule has 0 atom stereocenters. The van der Waals surface area contributed by atoms with Crippen molar-refractivity contribution in [3.05, 3.63) is 35.6 Å². The van der Waals surface area contributed by atoms with Crippen LogP contribution in [0.15, 0.2) is 28.7 Å². The number of furan rings is 1. The summed E-state index contributed by atoms with van der Waals surface area (Å²) in [6, 6.07) is 8.29. The van der Waals surface area contributed by atoms with Gasteiger partial charge in [-0.2, -0.15) is 11.8 Å². The molecule has 104 valence electrons. The molecule has 0 aliphatic rings. The van der Waals surface area contributed by atoms with Crippen LogP contribution in [0, 0.1) is 0 Å². The summed E-state index contributed by atoms with van der Waals surface area (Å²) in [4.78, 5) is 2.35. The summed E-state index contributed by atoms with van der Waals surface area (Å²) < 4.78 is 5.95. The summed E-state index contributed by atoms with van der Waals surface area (Å²) >= 11 is 1.88. The smallest absolute Gasteiger partial charge is 0.134 e. The third-order valence-corrected chi connectivity index (χ3v) is 3.82. The monoisotopic (exact) mass is 278 g/mol. The molecule has 0 fully saturated rings. The predicted octanol–water partition coefficient (Wildman–Crippen LogP) is 2.95. The van der Waals surface area contributed by atoms with Crippen molar-refractivity contribution < 1.29 is 4.42 Å². The van der Waals surface area contributed by atoms with Gasteiger partial charge in [-0.1, -0.05) is 18.2 Å². The van der Waals surface area contributed by atoms with Crippen molar-refractivity contribution in [1.82, 2.24) is 10.2 Å². The van der Waals surface area contributed by atoms with Crippen LogP contribution in [0.1, 0.15) is 11.3 Å². The van der Waals surface area contributed by atoms with Crippen LogP contribution in [0.5, 0.6) is 0 Å². The van der Waals surface area contributed by atoms with Gasteiger partial charge < -0.3 is 14.6 Å². The summed E-state index contributed by atoms with van der Waals surface area (Å²) in [5.74, 6) is 2.22. The quantitative estimate of drug-likeness (QED) is 0.843. The molecule has 0 aliphatic heterocycles. The first-order chi connectivity index (χ1) is 9.26. The summed E-state index contributed by atoms with van der Waals surface area (Å²) in [6.07, 6.45) is 2.15. The fraction of sp³-hybridized carbons (Fsp3) is 0.467. The highest BCUT2D eigenvalue weighted by Gasteiger charge is 2.14. The largest absolute Gasteiger partial charge is 0.459 e. The van der Waals surface area contributed by atoms with Crippen LogP contribution in [0.25, 0.3) is 11.0 Å². The predicted molar refractivity (Wildman–Crippen MR) is 83.7 cm³/mol. The molecular formula is C15H22N2OS. The molecule has 1 aromatic heterocycles. The molecule has 1 N–H and O–H groups in total. The van der Waals surface area contributed by atoms with Gasteiger partial charge in [0.1, 0.15) is 11.3 Å². The molecule has 19 heavy (non-hydrogen) atoms. The van der Waals surface area contributed by atoms with E-state index in [9.17, 15) is 0 Å². The lowest BCUT2D eigenvalue weighted by molar-refractivity contribution is 0.344. The van der Waals surface area contributed by atoms with Gasteiger partial charge in [0.25, 0.3) is 0 Å². The van der Waals surface area contributed by atoms with Crippen LogP contribution in [0.3, 0.4) is 0 Å². The molecule has 0 aliphatic carbocycles. The number of nitrogens with zero attached hydrogens (tertiary/aromatic N) is 1. The van der Waals surface area contributed by atoms with E-state index in [2.05, 4.69) is 35.7 Å². The number of rotatable bonds is 7. The molecule has 0 saturated heterocycles. The Kier molecular flexibility index (Phi) is 5.31. The fourth-order valence-electron chi connectivity index (χ4n) is 2.22. The minimum absolute atomic E-state index is 0.778. The zero-order valence-corrected chi connectivity index (χ0v) is 12.7. The molecule has 0 spiro atoms. The Balaban J connectivity index is 2.25. The van der Waals surface area contributed by atoms with Crippen molar-refractivity contribution in [1.29, 1.82) is 0 Å². The SMILES string of the molecule is CNCc1oc2ccccc2c1CN(C)CCSC. The molecular weight excluding hydrogens is 256 g/mol. The molecule has 1 aromatic carbocycles. The van der Waals surface area contributed by atoms with Crippen molar-refractivity contribution in [2.75, 3.05) is 32.6 Å². The molecule has 2 rings (SSSR count). The zero-order valence-electron chi connectivity index (χ0n) is 11.9. The van der Waals surface area contributed by atoms with Crippen molar-refractivity contribution in [2.24, 2.45) is 0 Å². The number of thioether (sulfide) groups is 1. The minimum atomic E-state index is 0.778. The number of hydrogen-bond donors (Lipinski definition) is 1. The topological polar surface area (TPSA) is 28.4 Å². The second-order valence-corrected chi connectivity index (χ2v) is 5.75. The second-order valence-electron chi connectivity index (χ2n) is 4.76. The number of hydrogen-bond acceptors (Lipinski definition) is 4. The van der Waals surface area contributed by atoms with Crippen molar-refractivity contribution in [2.45, 2.75) is 13.1 Å². The van der Waals surface area contributed by atoms with E-state index in [1.54, 1.807) is 0 Å². The third kappa shape index (κ3) is 3.53. The number of nitrogens with one attached hydrogen (secondary N) is 1. The minimum Gasteiger partial charge on any atom is -0.459 e. The van der Waals surface area contributed by atoms with E-state index in [1.807, 2.05) is 30.9 Å². The van der Waals surface area contributed by atoms with Crippen molar-refractivity contribution in [3.63, 3.8) is 0 Å². The Labute approximate surface area is 119 Å². The van der Waals surface area contributed by atoms with Crippen molar-refractivity contribution in [3.8, 4) is 0 Å². The molecule has 2 aromatic rings. The normalized spacial score (nSPS) is 11.6. The summed E-state index contributed by atoms with van der Waals surface area (Å²) in [7, 11) is 4.12. The van der Waals surface area contributed by atoms with Crippen LogP contribution in [0.4, 0.5) is 0 Å². The third-order valence-electron chi connectivity index (χ3n) is 3.22. The zero-order chi connectivity index (χ0) is 13.7. The van der Waals surface area contributed by atoms with E-state index < -0.39 is 0 Å². The number of para-hydroxylation sites is 1. The van der Waals surface area contributed by atoms with E-state index in [0.717, 1.165) is 36.7 Å². The van der Waals surface area contributed by atoms with Crippen LogP contribution in [-0.2, 0) is 13.1 Å². The standard InChI is InChI=1S/C15H22N2OS/c1-16-10-15-13(11-17(2)8-9-19-3)12-6-4-5-7-14(12)18-15/h4-7,16H,8-11H2,1-3H3. The maximum Gasteiger partial charge on any atom is 0.134 e. The first-order valence-electron chi connectivity index (χ1n) is 6.57. The molecule has 0 radical (unpaired) electrons. The van der Waals surface area contributed by atoms with Crippen LogP contribution in [-0.4, -0.2) is 37.5 Å². The van der Waals surface area contributed by atoms with E-state index in [4.69, 9.17) is 4.42 Å². The molecule has 0 bridgehead atoms. The average molecular weight is 278 g/mol. The van der Waals surface area contributed by atoms with Gasteiger partial charge in [-0.3, -0.25) is 0 Å². The Bertz CT molecular complexity index is 524. The fourth-order valence-corrected chi connectivity index (χ4v) is 2.72. The number of fused-ring (bicyclic) bond motifs is 1. The van der Waals surface area contributed by atoms with Gasteiger partial charge >= 0.3 is 0 Å². The Morgan fingerprint density at radius 1 is 1.32 bits per heavy atom. The van der Waals surface area contributed by atoms with Gasteiger partial charge in [-0.05, 0) is 26.4 Å². The Hall–Kier alpha value is -0.970. The van der Waals surface area contributed by atoms with Gasteiger partial charge in [-0.25, -0.2) is 0 Å². The number of benzene rings is 1. The lowest BCUT2D eigenvalue weighted by Gasteiger charge is -2.16. The lowest BCUT2D eigenvalue weighted by Crippen LogP contribution is -2.21. The maximum atomic E-state index is 5.95. The van der Waals surface area contributed by atoms with E-state index >= 15 is 0 Å². The summed E-state index contributed by atoms with van der Waals surface area (Å²) in [5.41, 5.74) is 2.30. The van der Waals surface area contributed by atoms with Crippen LogP contribution in [0.2, 0.25) is 0 Å². The Morgan fingerprint density at radius 2 is 2.11 bits per heavy atom. The highest BCUT2D eigenvalue weighted by Crippen LogP contribution is 2.26. The molecule has 0 saturated carbocycles. The van der Waals surface area contributed by atoms with Gasteiger partial charge in [0.05, 0.1) is 6.54 Å². The lowest BCUT2D eigenvalue weighted by atomic mass is 10.1. The average Bonchev–Trinajstić information content (AvgIpc) is 2.75. The van der Waals surface area contributed by atoms with Crippen LogP contribution >= 0.6 is 11.8 Å². The van der Waals surface area contributed by atoms with E-state index in [0.29, 0.717) is 0 Å². The first-order valence-corrected chi connectivity index (χ1v) is 7.97. The Morgan fingerprint density at radius 3 is 2.84 bits per heavy atom. The van der Waals surface area contributed by atoms with Gasteiger partial charge in [-0.15, -0.1) is 0 Å². The van der Waals surface area contributed by atoms with Gasteiger partial charge in [0, 0.05) is 29.8 Å². The first kappa shape index (κ1) is 14.4. The molecule has 1 heterocycles. The second kappa shape index (κ2) is 6.98. The molecule has 4 heteroatoms. The summed E-state index contributed by atoms with van der Waals surface area (Å²) in [6.45, 7) is 2.81. The molecule has 3 nitrogen and oxygen atoms in total. The highest BCUT2D eigenvalue weighted by atomic mass is 32.2. The van der Waals surface area contributed by atoms with Gasteiger partial charge in [0.2, 0.25) is 0 Å². The molecule has 0 amide bonds.